The van der Waals surface area contributed by atoms with Crippen LogP contribution in [0.4, 0.5) is 0 Å². The fourth-order valence-electron chi connectivity index (χ4n) is 2.67. The van der Waals surface area contributed by atoms with Crippen LogP contribution in [0.1, 0.15) is 18.4 Å². The molecular formula is C15H18ClNO4. The van der Waals surface area contributed by atoms with Crippen LogP contribution in [0.2, 0.25) is 5.02 Å². The summed E-state index contributed by atoms with van der Waals surface area (Å²) >= 11 is 5.91. The monoisotopic (exact) mass is 311 g/mol. The second-order valence-corrected chi connectivity index (χ2v) is 5.63. The first-order valence-corrected chi connectivity index (χ1v) is 7.16. The van der Waals surface area contributed by atoms with Gasteiger partial charge in [0.05, 0.1) is 18.9 Å². The average Bonchev–Trinajstić information content (AvgIpc) is 2.81. The highest BCUT2D eigenvalue weighted by Gasteiger charge is 2.36. The summed E-state index contributed by atoms with van der Waals surface area (Å²) in [5.41, 5.74) is 0.822. The summed E-state index contributed by atoms with van der Waals surface area (Å²) in [5.74, 6) is -1.000. The molecule has 1 aromatic rings. The average molecular weight is 312 g/mol. The zero-order valence-corrected chi connectivity index (χ0v) is 12.5. The van der Waals surface area contributed by atoms with E-state index in [0.717, 1.165) is 5.56 Å². The first-order valence-electron chi connectivity index (χ1n) is 6.78. The summed E-state index contributed by atoms with van der Waals surface area (Å²) in [6, 6.07) is 6.82. The number of carboxylic acids is 1. The van der Waals surface area contributed by atoms with Crippen molar-refractivity contribution in [3.8, 4) is 0 Å². The van der Waals surface area contributed by atoms with Gasteiger partial charge in [-0.2, -0.15) is 0 Å². The number of carbonyl (C=O) groups excluding carboxylic acids is 1. The number of carbonyl (C=O) groups is 2. The van der Waals surface area contributed by atoms with Gasteiger partial charge in [-0.05, 0) is 24.1 Å². The highest BCUT2D eigenvalue weighted by atomic mass is 35.5. The molecule has 2 rings (SSSR count). The molecule has 0 aromatic heterocycles. The smallest absolute Gasteiger partial charge is 0.305 e. The Labute approximate surface area is 128 Å². The minimum atomic E-state index is -0.905. The van der Waals surface area contributed by atoms with Crippen molar-refractivity contribution in [2.75, 3.05) is 13.7 Å². The molecule has 0 saturated carbocycles. The Kier molecular flexibility index (Phi) is 5.20. The molecule has 0 aliphatic carbocycles. The van der Waals surface area contributed by atoms with Gasteiger partial charge in [0.15, 0.2) is 0 Å². The van der Waals surface area contributed by atoms with E-state index in [1.807, 2.05) is 6.07 Å². The second-order valence-electron chi connectivity index (χ2n) is 5.20. The van der Waals surface area contributed by atoms with Crippen molar-refractivity contribution >= 4 is 23.5 Å². The minimum absolute atomic E-state index is 0.0544. The van der Waals surface area contributed by atoms with E-state index < -0.39 is 5.97 Å². The SMILES string of the molecule is COC1CC(CC(=O)O)N(C(=O)Cc2cccc(Cl)c2)C1. The van der Waals surface area contributed by atoms with Gasteiger partial charge in [0, 0.05) is 24.7 Å². The van der Waals surface area contributed by atoms with Crippen LogP contribution < -0.4 is 0 Å². The molecule has 1 aliphatic heterocycles. The first-order chi connectivity index (χ1) is 9.99. The fraction of sp³-hybridized carbons (Fsp3) is 0.467. The van der Waals surface area contributed by atoms with Gasteiger partial charge in [0.25, 0.3) is 0 Å². The van der Waals surface area contributed by atoms with Crippen molar-refractivity contribution < 1.29 is 19.4 Å². The third-order valence-electron chi connectivity index (χ3n) is 3.68. The maximum atomic E-state index is 12.4. The standard InChI is InChI=1S/C15H18ClNO4/c1-21-13-7-12(8-15(19)20)17(9-13)14(18)6-10-3-2-4-11(16)5-10/h2-5,12-13H,6-9H2,1H3,(H,19,20). The molecule has 2 atom stereocenters. The zero-order chi connectivity index (χ0) is 15.4. The van der Waals surface area contributed by atoms with Crippen LogP contribution >= 0.6 is 11.6 Å². The Morgan fingerprint density at radius 1 is 1.48 bits per heavy atom. The van der Waals surface area contributed by atoms with E-state index in [-0.39, 0.29) is 30.9 Å². The molecule has 1 aliphatic rings. The number of ether oxygens (including phenoxy) is 1. The molecule has 1 saturated heterocycles. The van der Waals surface area contributed by atoms with Crippen molar-refractivity contribution in [2.45, 2.75) is 31.4 Å². The molecule has 2 unspecified atom stereocenters. The van der Waals surface area contributed by atoms with Gasteiger partial charge in [0.1, 0.15) is 0 Å². The molecule has 5 nitrogen and oxygen atoms in total. The number of amides is 1. The topological polar surface area (TPSA) is 66.8 Å². The Morgan fingerprint density at radius 3 is 2.86 bits per heavy atom. The lowest BCUT2D eigenvalue weighted by Crippen LogP contribution is -2.38. The van der Waals surface area contributed by atoms with Crippen LogP contribution in [0.15, 0.2) is 24.3 Å². The molecule has 1 aromatic carbocycles. The Hall–Kier alpha value is -1.59. The third kappa shape index (κ3) is 4.19. The predicted octanol–water partition coefficient (Wildman–Crippen LogP) is 1.97. The summed E-state index contributed by atoms with van der Waals surface area (Å²) in [6.45, 7) is 0.438. The lowest BCUT2D eigenvalue weighted by molar-refractivity contribution is -0.139. The van der Waals surface area contributed by atoms with Gasteiger partial charge < -0.3 is 14.7 Å². The van der Waals surface area contributed by atoms with Gasteiger partial charge in [-0.1, -0.05) is 23.7 Å². The van der Waals surface area contributed by atoms with Gasteiger partial charge in [-0.25, -0.2) is 0 Å². The summed E-state index contributed by atoms with van der Waals surface area (Å²) in [4.78, 5) is 25.0. The first kappa shape index (κ1) is 15.8. The lowest BCUT2D eigenvalue weighted by Gasteiger charge is -2.23. The van der Waals surface area contributed by atoms with Crippen LogP contribution in [-0.2, 0) is 20.7 Å². The number of aliphatic carboxylic acids is 1. The molecule has 21 heavy (non-hydrogen) atoms. The highest BCUT2D eigenvalue weighted by Crippen LogP contribution is 2.24. The molecule has 0 radical (unpaired) electrons. The largest absolute Gasteiger partial charge is 0.481 e. The van der Waals surface area contributed by atoms with Crippen molar-refractivity contribution in [1.82, 2.24) is 4.90 Å². The quantitative estimate of drug-likeness (QED) is 0.903. The molecule has 1 fully saturated rings. The molecule has 1 N–H and O–H groups in total. The molecular weight excluding hydrogens is 294 g/mol. The summed E-state index contributed by atoms with van der Waals surface area (Å²) in [7, 11) is 1.58. The predicted molar refractivity (Wildman–Crippen MR) is 78.3 cm³/mol. The number of hydrogen-bond donors (Lipinski definition) is 1. The Bertz CT molecular complexity index is 534. The Balaban J connectivity index is 2.06. The second kappa shape index (κ2) is 6.91. The number of likely N-dealkylation sites (tertiary alicyclic amines) is 1. The van der Waals surface area contributed by atoms with Crippen molar-refractivity contribution in [2.24, 2.45) is 0 Å². The van der Waals surface area contributed by atoms with Gasteiger partial charge in [0.2, 0.25) is 5.91 Å². The van der Waals surface area contributed by atoms with E-state index >= 15 is 0 Å². The number of hydrogen-bond acceptors (Lipinski definition) is 3. The molecule has 0 spiro atoms. The molecule has 0 bridgehead atoms. The third-order valence-corrected chi connectivity index (χ3v) is 3.92. The van der Waals surface area contributed by atoms with Crippen molar-refractivity contribution in [3.63, 3.8) is 0 Å². The van der Waals surface area contributed by atoms with Crippen molar-refractivity contribution in [3.05, 3.63) is 34.9 Å². The van der Waals surface area contributed by atoms with Crippen LogP contribution in [0.25, 0.3) is 0 Å². The van der Waals surface area contributed by atoms with Gasteiger partial charge >= 0.3 is 5.97 Å². The summed E-state index contributed by atoms with van der Waals surface area (Å²) in [6.07, 6.45) is 0.621. The van der Waals surface area contributed by atoms with Gasteiger partial charge in [-0.3, -0.25) is 9.59 Å². The number of carboxylic acid groups (broad SMARTS) is 1. The number of benzene rings is 1. The van der Waals surface area contributed by atoms with E-state index in [9.17, 15) is 9.59 Å². The van der Waals surface area contributed by atoms with Crippen LogP contribution in [0.3, 0.4) is 0 Å². The molecule has 6 heteroatoms. The van der Waals surface area contributed by atoms with Crippen molar-refractivity contribution in [1.29, 1.82) is 0 Å². The van der Waals surface area contributed by atoms with E-state index in [0.29, 0.717) is 18.0 Å². The van der Waals surface area contributed by atoms with E-state index in [2.05, 4.69) is 0 Å². The van der Waals surface area contributed by atoms with E-state index in [1.54, 1.807) is 30.2 Å². The number of nitrogens with zero attached hydrogens (tertiary/aromatic N) is 1. The van der Waals surface area contributed by atoms with Crippen LogP contribution in [-0.4, -0.2) is 47.7 Å². The zero-order valence-electron chi connectivity index (χ0n) is 11.8. The fourth-order valence-corrected chi connectivity index (χ4v) is 2.88. The lowest BCUT2D eigenvalue weighted by atomic mass is 10.1. The minimum Gasteiger partial charge on any atom is -0.481 e. The Morgan fingerprint density at radius 2 is 2.24 bits per heavy atom. The molecule has 114 valence electrons. The highest BCUT2D eigenvalue weighted by molar-refractivity contribution is 6.30. The van der Waals surface area contributed by atoms with E-state index in [1.165, 1.54) is 0 Å². The molecule has 1 amide bonds. The maximum Gasteiger partial charge on any atom is 0.305 e. The maximum absolute atomic E-state index is 12.4. The van der Waals surface area contributed by atoms with Gasteiger partial charge in [-0.15, -0.1) is 0 Å². The van der Waals surface area contributed by atoms with E-state index in [4.69, 9.17) is 21.4 Å². The van der Waals surface area contributed by atoms with Crippen LogP contribution in [0, 0.1) is 0 Å². The number of methoxy groups -OCH3 is 1. The summed E-state index contributed by atoms with van der Waals surface area (Å²) < 4.78 is 5.26. The number of rotatable bonds is 5. The molecule has 1 heterocycles. The normalized spacial score (nSPS) is 21.5. The summed E-state index contributed by atoms with van der Waals surface area (Å²) in [5, 5.41) is 9.54. The number of halogens is 1. The van der Waals surface area contributed by atoms with Crippen LogP contribution in [0.5, 0.6) is 0 Å².